The van der Waals surface area contributed by atoms with Gasteiger partial charge in [-0.25, -0.2) is 4.98 Å². The zero-order valence-corrected chi connectivity index (χ0v) is 16.5. The molecule has 0 amide bonds. The summed E-state index contributed by atoms with van der Waals surface area (Å²) >= 11 is 12.3. The summed E-state index contributed by atoms with van der Waals surface area (Å²) in [5, 5.41) is 8.73. The van der Waals surface area contributed by atoms with Gasteiger partial charge in [0.2, 0.25) is 5.95 Å². The first-order valence-electron chi connectivity index (χ1n) is 8.96. The Morgan fingerprint density at radius 3 is 2.46 bits per heavy atom. The summed E-state index contributed by atoms with van der Waals surface area (Å²) < 4.78 is 0. The maximum Gasteiger partial charge on any atom is 0.229 e. The molecule has 0 spiro atoms. The second kappa shape index (κ2) is 8.46. The number of fused-ring (bicyclic) bond motifs is 1. The van der Waals surface area contributed by atoms with Crippen LogP contribution in [0.15, 0.2) is 72.8 Å². The zero-order chi connectivity index (χ0) is 19.3. The van der Waals surface area contributed by atoms with Crippen molar-refractivity contribution >= 4 is 51.6 Å². The highest BCUT2D eigenvalue weighted by molar-refractivity contribution is 6.35. The Kier molecular flexibility index (Phi) is 5.60. The Morgan fingerprint density at radius 1 is 0.821 bits per heavy atom. The van der Waals surface area contributed by atoms with E-state index in [4.69, 9.17) is 23.2 Å². The number of aromatic nitrogens is 2. The van der Waals surface area contributed by atoms with Crippen molar-refractivity contribution in [1.29, 1.82) is 0 Å². The highest BCUT2D eigenvalue weighted by Crippen LogP contribution is 2.29. The van der Waals surface area contributed by atoms with E-state index in [0.29, 0.717) is 21.7 Å². The molecule has 0 atom stereocenters. The molecule has 1 aromatic heterocycles. The number of nitrogens with zero attached hydrogens (tertiary/aromatic N) is 2. The molecule has 1 heterocycles. The number of para-hydroxylation sites is 1. The van der Waals surface area contributed by atoms with Crippen molar-refractivity contribution in [1.82, 2.24) is 9.97 Å². The van der Waals surface area contributed by atoms with Crippen LogP contribution >= 0.6 is 23.2 Å². The predicted molar refractivity (Wildman–Crippen MR) is 118 cm³/mol. The van der Waals surface area contributed by atoms with Crippen LogP contribution in [0.4, 0.5) is 17.5 Å². The smallest absolute Gasteiger partial charge is 0.229 e. The first-order chi connectivity index (χ1) is 13.7. The standard InChI is InChI=1S/C22H18Cl2N4/c23-16-10-11-18(24)20(14-16)27-22-26-19-9-5-4-8-17(19)21(28-22)25-13-12-15-6-2-1-3-7-15/h1-11,14H,12-13H2,(H2,25,26,27,28). The molecule has 2 N–H and O–H groups in total. The predicted octanol–water partition coefficient (Wildman–Crippen LogP) is 6.33. The fourth-order valence-corrected chi connectivity index (χ4v) is 3.29. The second-order valence-electron chi connectivity index (χ2n) is 6.32. The van der Waals surface area contributed by atoms with Gasteiger partial charge in [-0.15, -0.1) is 0 Å². The summed E-state index contributed by atoms with van der Waals surface area (Å²) in [6, 6.07) is 23.5. The highest BCUT2D eigenvalue weighted by atomic mass is 35.5. The molecule has 140 valence electrons. The molecule has 0 unspecified atom stereocenters. The van der Waals surface area contributed by atoms with Crippen molar-refractivity contribution in [3.63, 3.8) is 0 Å². The minimum absolute atomic E-state index is 0.463. The van der Waals surface area contributed by atoms with E-state index in [2.05, 4.69) is 32.7 Å². The second-order valence-corrected chi connectivity index (χ2v) is 7.17. The topological polar surface area (TPSA) is 49.8 Å². The van der Waals surface area contributed by atoms with Crippen molar-refractivity contribution in [2.45, 2.75) is 6.42 Å². The SMILES string of the molecule is Clc1ccc(Cl)c(Nc2nc(NCCc3ccccc3)c3ccccc3n2)c1. The number of halogens is 2. The van der Waals surface area contributed by atoms with Crippen LogP contribution in [0.3, 0.4) is 0 Å². The number of hydrogen-bond acceptors (Lipinski definition) is 4. The lowest BCUT2D eigenvalue weighted by Crippen LogP contribution is -2.09. The average molecular weight is 409 g/mol. The normalized spacial score (nSPS) is 10.8. The minimum Gasteiger partial charge on any atom is -0.369 e. The van der Waals surface area contributed by atoms with Crippen molar-refractivity contribution in [3.8, 4) is 0 Å². The van der Waals surface area contributed by atoms with Crippen LogP contribution in [0.1, 0.15) is 5.56 Å². The number of nitrogens with one attached hydrogen (secondary N) is 2. The Morgan fingerprint density at radius 2 is 1.61 bits per heavy atom. The van der Waals surface area contributed by atoms with Gasteiger partial charge in [0.05, 0.1) is 16.2 Å². The number of anilines is 3. The molecule has 0 saturated heterocycles. The molecule has 0 fully saturated rings. The maximum absolute atomic E-state index is 6.26. The molecule has 3 aromatic carbocycles. The zero-order valence-electron chi connectivity index (χ0n) is 15.0. The van der Waals surface area contributed by atoms with Crippen LogP contribution in [-0.4, -0.2) is 16.5 Å². The largest absolute Gasteiger partial charge is 0.369 e. The lowest BCUT2D eigenvalue weighted by atomic mass is 10.1. The fourth-order valence-electron chi connectivity index (χ4n) is 2.95. The van der Waals surface area contributed by atoms with Gasteiger partial charge >= 0.3 is 0 Å². The Bertz CT molecular complexity index is 1100. The van der Waals surface area contributed by atoms with Gasteiger partial charge in [0, 0.05) is 17.0 Å². The van der Waals surface area contributed by atoms with E-state index < -0.39 is 0 Å². The molecule has 28 heavy (non-hydrogen) atoms. The Labute approximate surface area is 173 Å². The third-order valence-electron chi connectivity index (χ3n) is 4.33. The van der Waals surface area contributed by atoms with Gasteiger partial charge in [0.25, 0.3) is 0 Å². The molecule has 4 rings (SSSR count). The summed E-state index contributed by atoms with van der Waals surface area (Å²) in [6.07, 6.45) is 0.905. The highest BCUT2D eigenvalue weighted by Gasteiger charge is 2.09. The van der Waals surface area contributed by atoms with Crippen LogP contribution in [0.2, 0.25) is 10.0 Å². The molecule has 4 aromatic rings. The monoisotopic (exact) mass is 408 g/mol. The van der Waals surface area contributed by atoms with Crippen LogP contribution in [0.5, 0.6) is 0 Å². The van der Waals surface area contributed by atoms with Gasteiger partial charge < -0.3 is 10.6 Å². The molecule has 0 radical (unpaired) electrons. The third kappa shape index (κ3) is 4.35. The van der Waals surface area contributed by atoms with Gasteiger partial charge in [-0.05, 0) is 42.3 Å². The number of benzene rings is 3. The van der Waals surface area contributed by atoms with Gasteiger partial charge in [-0.2, -0.15) is 4.98 Å². The molecule has 0 saturated carbocycles. The molecule has 6 heteroatoms. The van der Waals surface area contributed by atoms with E-state index in [1.165, 1.54) is 5.56 Å². The van der Waals surface area contributed by atoms with Crippen LogP contribution < -0.4 is 10.6 Å². The van der Waals surface area contributed by atoms with Gasteiger partial charge in [-0.1, -0.05) is 65.7 Å². The summed E-state index contributed by atoms with van der Waals surface area (Å²) in [7, 11) is 0. The van der Waals surface area contributed by atoms with Gasteiger partial charge in [0.1, 0.15) is 5.82 Å². The summed E-state index contributed by atoms with van der Waals surface area (Å²) in [6.45, 7) is 0.766. The Balaban J connectivity index is 1.60. The maximum atomic E-state index is 6.26. The quantitative estimate of drug-likeness (QED) is 0.391. The van der Waals surface area contributed by atoms with Crippen molar-refractivity contribution in [2.75, 3.05) is 17.2 Å². The first-order valence-corrected chi connectivity index (χ1v) is 9.71. The molecule has 0 aliphatic carbocycles. The van der Waals surface area contributed by atoms with Gasteiger partial charge in [-0.3, -0.25) is 0 Å². The van der Waals surface area contributed by atoms with E-state index in [1.54, 1.807) is 18.2 Å². The first kappa shape index (κ1) is 18.5. The van der Waals surface area contributed by atoms with Crippen molar-refractivity contribution in [2.24, 2.45) is 0 Å². The summed E-state index contributed by atoms with van der Waals surface area (Å²) in [4.78, 5) is 9.27. The molecule has 0 aliphatic rings. The lowest BCUT2D eigenvalue weighted by molar-refractivity contribution is 1.01. The molecular formula is C22H18Cl2N4. The van der Waals surface area contributed by atoms with E-state index in [-0.39, 0.29) is 0 Å². The van der Waals surface area contributed by atoms with Crippen molar-refractivity contribution < 1.29 is 0 Å². The fraction of sp³-hybridized carbons (Fsp3) is 0.0909. The third-order valence-corrected chi connectivity index (χ3v) is 4.89. The van der Waals surface area contributed by atoms with E-state index in [0.717, 1.165) is 29.7 Å². The van der Waals surface area contributed by atoms with E-state index in [1.807, 2.05) is 42.5 Å². The Hall–Kier alpha value is -2.82. The molecule has 0 bridgehead atoms. The summed E-state index contributed by atoms with van der Waals surface area (Å²) in [5.74, 6) is 1.24. The van der Waals surface area contributed by atoms with Crippen LogP contribution in [0, 0.1) is 0 Å². The lowest BCUT2D eigenvalue weighted by Gasteiger charge is -2.13. The average Bonchev–Trinajstić information content (AvgIpc) is 2.71. The molecular weight excluding hydrogens is 391 g/mol. The minimum atomic E-state index is 0.463. The van der Waals surface area contributed by atoms with E-state index >= 15 is 0 Å². The van der Waals surface area contributed by atoms with Gasteiger partial charge in [0.15, 0.2) is 0 Å². The van der Waals surface area contributed by atoms with Crippen molar-refractivity contribution in [3.05, 3.63) is 88.4 Å². The van der Waals surface area contributed by atoms with E-state index in [9.17, 15) is 0 Å². The summed E-state index contributed by atoms with van der Waals surface area (Å²) in [5.41, 5.74) is 2.79. The number of hydrogen-bond donors (Lipinski definition) is 2. The van der Waals surface area contributed by atoms with Crippen LogP contribution in [0.25, 0.3) is 10.9 Å². The molecule has 4 nitrogen and oxygen atoms in total. The number of rotatable bonds is 6. The van der Waals surface area contributed by atoms with Crippen LogP contribution in [-0.2, 0) is 6.42 Å². The molecule has 0 aliphatic heterocycles.